The molecule has 2 heterocycles. The van der Waals surface area contributed by atoms with Gasteiger partial charge in [0.25, 0.3) is 11.3 Å². The van der Waals surface area contributed by atoms with Crippen molar-refractivity contribution >= 4 is 21.7 Å². The van der Waals surface area contributed by atoms with E-state index in [1.807, 2.05) is 0 Å². The van der Waals surface area contributed by atoms with Crippen molar-refractivity contribution in [2.75, 3.05) is 0 Å². The summed E-state index contributed by atoms with van der Waals surface area (Å²) in [6.45, 7) is 1.72. The number of nitrogens with one attached hydrogen (secondary N) is 1. The molecule has 0 bridgehead atoms. The van der Waals surface area contributed by atoms with Crippen molar-refractivity contribution in [2.45, 2.75) is 6.92 Å². The van der Waals surface area contributed by atoms with Gasteiger partial charge in [-0.05, 0) is 28.1 Å². The Morgan fingerprint density at radius 1 is 1.58 bits per heavy atom. The number of hydrogen-bond acceptors (Lipinski definition) is 4. The second kappa shape index (κ2) is 2.37. The average molecular weight is 230 g/mol. The fraction of sp³-hybridized carbons (Fsp3) is 0.200. The fourth-order valence-corrected chi connectivity index (χ4v) is 1.13. The van der Waals surface area contributed by atoms with Crippen molar-refractivity contribution in [2.24, 2.45) is 0 Å². The molecule has 0 spiro atoms. The highest BCUT2D eigenvalue weighted by Crippen LogP contribution is 2.06. The van der Waals surface area contributed by atoms with E-state index in [0.717, 1.165) is 4.52 Å². The third kappa shape index (κ3) is 0.860. The van der Waals surface area contributed by atoms with Crippen LogP contribution in [0.4, 0.5) is 0 Å². The van der Waals surface area contributed by atoms with Crippen LogP contribution in [0.3, 0.4) is 0 Å². The standard InChI is InChI=1S/C5H4BrN5O/c1-2-3(6)4(12)11-5(7-2)8-9-10-11/h1H3,(H,7,8,10). The highest BCUT2D eigenvalue weighted by atomic mass is 79.9. The van der Waals surface area contributed by atoms with Gasteiger partial charge in [-0.15, -0.1) is 0 Å². The summed E-state index contributed by atoms with van der Waals surface area (Å²) >= 11 is 3.11. The van der Waals surface area contributed by atoms with Crippen molar-refractivity contribution in [1.29, 1.82) is 0 Å². The normalized spacial score (nSPS) is 10.8. The minimum atomic E-state index is -0.234. The molecule has 12 heavy (non-hydrogen) atoms. The molecule has 2 rings (SSSR count). The molecule has 0 aliphatic rings. The first-order valence-corrected chi connectivity index (χ1v) is 3.95. The first-order valence-electron chi connectivity index (χ1n) is 3.16. The van der Waals surface area contributed by atoms with Gasteiger partial charge in [0.2, 0.25) is 0 Å². The van der Waals surface area contributed by atoms with Crippen LogP contribution in [0.2, 0.25) is 0 Å². The van der Waals surface area contributed by atoms with Gasteiger partial charge in [0.15, 0.2) is 0 Å². The molecule has 6 nitrogen and oxygen atoms in total. The summed E-state index contributed by atoms with van der Waals surface area (Å²) in [4.78, 5) is 15.4. The Bertz CT molecular complexity index is 486. The Kier molecular flexibility index (Phi) is 1.47. The minimum absolute atomic E-state index is 0.234. The molecular weight excluding hydrogens is 226 g/mol. The van der Waals surface area contributed by atoms with Gasteiger partial charge in [-0.25, -0.2) is 4.98 Å². The molecule has 1 N–H and O–H groups in total. The van der Waals surface area contributed by atoms with Crippen LogP contribution < -0.4 is 5.56 Å². The quantitative estimate of drug-likeness (QED) is 0.684. The maximum Gasteiger partial charge on any atom is 0.289 e. The van der Waals surface area contributed by atoms with Gasteiger partial charge in [-0.3, -0.25) is 4.79 Å². The van der Waals surface area contributed by atoms with Crippen LogP contribution in [-0.2, 0) is 0 Å². The van der Waals surface area contributed by atoms with Crippen LogP contribution in [-0.4, -0.2) is 25.0 Å². The van der Waals surface area contributed by atoms with Gasteiger partial charge in [-0.1, -0.05) is 5.10 Å². The summed E-state index contributed by atoms with van der Waals surface area (Å²) in [5, 5.41) is 9.46. The molecule has 0 amide bonds. The number of aromatic amines is 1. The zero-order valence-electron chi connectivity index (χ0n) is 6.08. The largest absolute Gasteiger partial charge is 0.289 e. The SMILES string of the molecule is Cc1nc2nn[nH]n2c(=O)c1Br. The van der Waals surface area contributed by atoms with E-state index in [4.69, 9.17) is 0 Å². The molecule has 2 aromatic heterocycles. The molecule has 0 unspecified atom stereocenters. The van der Waals surface area contributed by atoms with Crippen LogP contribution in [0.5, 0.6) is 0 Å². The van der Waals surface area contributed by atoms with Gasteiger partial charge >= 0.3 is 0 Å². The topological polar surface area (TPSA) is 75.9 Å². The van der Waals surface area contributed by atoms with Gasteiger partial charge in [-0.2, -0.15) is 9.73 Å². The van der Waals surface area contributed by atoms with Crippen molar-refractivity contribution in [3.63, 3.8) is 0 Å². The molecule has 2 aromatic rings. The van der Waals surface area contributed by atoms with E-state index in [-0.39, 0.29) is 11.3 Å². The lowest BCUT2D eigenvalue weighted by molar-refractivity contribution is 0.794. The van der Waals surface area contributed by atoms with Crippen LogP contribution in [0.25, 0.3) is 5.78 Å². The van der Waals surface area contributed by atoms with Gasteiger partial charge < -0.3 is 0 Å². The van der Waals surface area contributed by atoms with E-state index >= 15 is 0 Å². The second-order valence-corrected chi connectivity index (χ2v) is 3.04. The first kappa shape index (κ1) is 7.41. The lowest BCUT2D eigenvalue weighted by Crippen LogP contribution is -2.17. The Morgan fingerprint density at radius 3 is 3.08 bits per heavy atom. The van der Waals surface area contributed by atoms with Crippen LogP contribution >= 0.6 is 15.9 Å². The maximum atomic E-state index is 11.4. The van der Waals surface area contributed by atoms with Crippen LogP contribution in [0.1, 0.15) is 5.69 Å². The highest BCUT2D eigenvalue weighted by Gasteiger charge is 2.07. The number of halogens is 1. The molecule has 62 valence electrons. The minimum Gasteiger partial charge on any atom is -0.266 e. The number of H-pyrrole nitrogens is 1. The predicted molar refractivity (Wildman–Crippen MR) is 43.8 cm³/mol. The second-order valence-electron chi connectivity index (χ2n) is 2.25. The van der Waals surface area contributed by atoms with Crippen molar-refractivity contribution in [3.8, 4) is 0 Å². The predicted octanol–water partition coefficient (Wildman–Crippen LogP) is -0.116. The zero-order valence-corrected chi connectivity index (χ0v) is 7.66. The number of tetrazole rings is 1. The maximum absolute atomic E-state index is 11.4. The molecule has 0 fully saturated rings. The Hall–Kier alpha value is -1.24. The molecule has 0 saturated carbocycles. The number of nitrogens with zero attached hydrogens (tertiary/aromatic N) is 4. The lowest BCUT2D eigenvalue weighted by atomic mass is 10.4. The van der Waals surface area contributed by atoms with E-state index < -0.39 is 0 Å². The van der Waals surface area contributed by atoms with Gasteiger partial charge in [0.05, 0.1) is 5.69 Å². The number of rotatable bonds is 0. The molecule has 0 aliphatic heterocycles. The van der Waals surface area contributed by atoms with E-state index in [2.05, 4.69) is 36.4 Å². The van der Waals surface area contributed by atoms with E-state index in [1.165, 1.54) is 0 Å². The molecule has 0 atom stereocenters. The van der Waals surface area contributed by atoms with Gasteiger partial charge in [0, 0.05) is 0 Å². The summed E-state index contributed by atoms with van der Waals surface area (Å²) in [7, 11) is 0. The molecule has 0 radical (unpaired) electrons. The lowest BCUT2D eigenvalue weighted by Gasteiger charge is -1.94. The first-order chi connectivity index (χ1) is 5.70. The number of aromatic nitrogens is 5. The summed E-state index contributed by atoms with van der Waals surface area (Å²) in [6.07, 6.45) is 0. The van der Waals surface area contributed by atoms with Crippen molar-refractivity contribution < 1.29 is 0 Å². The average Bonchev–Trinajstić information content (AvgIpc) is 2.48. The van der Waals surface area contributed by atoms with Crippen LogP contribution in [0, 0.1) is 6.92 Å². The Labute approximate surface area is 74.7 Å². The summed E-state index contributed by atoms with van der Waals surface area (Å²) in [5.74, 6) is 0.278. The highest BCUT2D eigenvalue weighted by molar-refractivity contribution is 9.10. The molecule has 0 aromatic carbocycles. The molecule has 0 saturated heterocycles. The number of hydrogen-bond donors (Lipinski definition) is 1. The summed E-state index contributed by atoms with van der Waals surface area (Å²) in [6, 6.07) is 0. The van der Waals surface area contributed by atoms with Crippen LogP contribution in [0.15, 0.2) is 9.27 Å². The summed E-state index contributed by atoms with van der Waals surface area (Å²) in [5.41, 5.74) is 0.372. The van der Waals surface area contributed by atoms with E-state index in [1.54, 1.807) is 6.92 Å². The summed E-state index contributed by atoms with van der Waals surface area (Å²) < 4.78 is 1.59. The molecular formula is C5H4BrN5O. The van der Waals surface area contributed by atoms with E-state index in [0.29, 0.717) is 10.2 Å². The fourth-order valence-electron chi connectivity index (χ4n) is 0.862. The van der Waals surface area contributed by atoms with E-state index in [9.17, 15) is 4.79 Å². The Morgan fingerprint density at radius 2 is 2.33 bits per heavy atom. The van der Waals surface area contributed by atoms with Crippen molar-refractivity contribution in [1.82, 2.24) is 25.0 Å². The molecule has 0 aliphatic carbocycles. The number of aryl methyl sites for hydroxylation is 1. The number of fused-ring (bicyclic) bond motifs is 1. The molecule has 7 heteroatoms. The van der Waals surface area contributed by atoms with Gasteiger partial charge in [0.1, 0.15) is 4.47 Å². The van der Waals surface area contributed by atoms with Crippen molar-refractivity contribution in [3.05, 3.63) is 20.5 Å². The Balaban J connectivity index is 3.05. The monoisotopic (exact) mass is 229 g/mol. The third-order valence-electron chi connectivity index (χ3n) is 1.46. The zero-order chi connectivity index (χ0) is 8.72. The third-order valence-corrected chi connectivity index (χ3v) is 2.37. The smallest absolute Gasteiger partial charge is 0.266 e.